The van der Waals surface area contributed by atoms with Crippen molar-refractivity contribution in [2.45, 2.75) is 6.54 Å². The predicted molar refractivity (Wildman–Crippen MR) is 81.6 cm³/mol. The summed E-state index contributed by atoms with van der Waals surface area (Å²) in [6.07, 6.45) is 3.56. The fourth-order valence-electron chi connectivity index (χ4n) is 1.51. The molecule has 1 aromatic carbocycles. The Kier molecular flexibility index (Phi) is 4.28. The molecule has 3 nitrogen and oxygen atoms in total. The van der Waals surface area contributed by atoms with Crippen LogP contribution in [-0.4, -0.2) is 9.97 Å². The lowest BCUT2D eigenvalue weighted by molar-refractivity contribution is 1.12. The molecule has 5 heteroatoms. The van der Waals surface area contributed by atoms with Crippen molar-refractivity contribution < 1.29 is 0 Å². The Morgan fingerprint density at radius 2 is 2.00 bits per heavy atom. The van der Waals surface area contributed by atoms with E-state index >= 15 is 0 Å². The van der Waals surface area contributed by atoms with E-state index in [1.54, 1.807) is 12.4 Å². The van der Waals surface area contributed by atoms with Crippen molar-refractivity contribution in [1.29, 1.82) is 0 Å². The van der Waals surface area contributed by atoms with Crippen LogP contribution in [0.4, 0.5) is 5.69 Å². The molecule has 0 radical (unpaired) electrons. The van der Waals surface area contributed by atoms with Crippen LogP contribution in [0.5, 0.6) is 0 Å². The van der Waals surface area contributed by atoms with Crippen molar-refractivity contribution in [3.05, 3.63) is 58.3 Å². The fraction of sp³-hybridized carbons (Fsp3) is 0.0769. The van der Waals surface area contributed by atoms with Crippen LogP contribution in [0.3, 0.4) is 0 Å². The van der Waals surface area contributed by atoms with Crippen LogP contribution in [-0.2, 0) is 6.54 Å². The smallest absolute Gasteiger partial charge is 0.104 e. The Morgan fingerprint density at radius 1 is 1.28 bits per heavy atom. The number of thiocarbonyl (C=S) groups is 1. The van der Waals surface area contributed by atoms with Crippen molar-refractivity contribution in [3.8, 4) is 0 Å². The number of pyridine rings is 1. The molecule has 0 atom stereocenters. The molecule has 0 aliphatic rings. The van der Waals surface area contributed by atoms with E-state index in [-0.39, 0.29) is 0 Å². The number of nitrogens with one attached hydrogen (secondary N) is 1. The van der Waals surface area contributed by atoms with Gasteiger partial charge in [0.2, 0.25) is 0 Å². The summed E-state index contributed by atoms with van der Waals surface area (Å²) in [4.78, 5) is 4.38. The van der Waals surface area contributed by atoms with Crippen LogP contribution >= 0.6 is 28.1 Å². The summed E-state index contributed by atoms with van der Waals surface area (Å²) in [5.41, 5.74) is 8.62. The van der Waals surface area contributed by atoms with Gasteiger partial charge in [-0.1, -0.05) is 12.2 Å². The molecule has 0 aliphatic carbocycles. The summed E-state index contributed by atoms with van der Waals surface area (Å²) in [6.45, 7) is 0.744. The van der Waals surface area contributed by atoms with Gasteiger partial charge >= 0.3 is 0 Å². The lowest BCUT2D eigenvalue weighted by atomic mass is 10.2. The molecule has 0 saturated carbocycles. The lowest BCUT2D eigenvalue weighted by Crippen LogP contribution is -2.09. The largest absolute Gasteiger partial charge is 0.389 e. The van der Waals surface area contributed by atoms with Crippen molar-refractivity contribution in [2.75, 3.05) is 5.32 Å². The van der Waals surface area contributed by atoms with Gasteiger partial charge in [0.1, 0.15) is 4.99 Å². The van der Waals surface area contributed by atoms with Crippen LogP contribution < -0.4 is 11.1 Å². The summed E-state index contributed by atoms with van der Waals surface area (Å²) in [7, 11) is 0. The molecule has 0 fully saturated rings. The van der Waals surface area contributed by atoms with E-state index in [4.69, 9.17) is 18.0 Å². The maximum atomic E-state index is 5.58. The quantitative estimate of drug-likeness (QED) is 0.850. The number of anilines is 1. The minimum atomic E-state index is 0.399. The molecule has 18 heavy (non-hydrogen) atoms. The third-order valence-corrected chi connectivity index (χ3v) is 3.38. The molecule has 1 aromatic heterocycles. The highest BCUT2D eigenvalue weighted by Gasteiger charge is 2.03. The summed E-state index contributed by atoms with van der Waals surface area (Å²) >= 11 is 8.43. The highest BCUT2D eigenvalue weighted by Crippen LogP contribution is 2.24. The number of hydrogen-bond donors (Lipinski definition) is 2. The van der Waals surface area contributed by atoms with Crippen LogP contribution in [0, 0.1) is 0 Å². The third-order valence-electron chi connectivity index (χ3n) is 2.49. The minimum Gasteiger partial charge on any atom is -0.389 e. The zero-order chi connectivity index (χ0) is 13.0. The zero-order valence-corrected chi connectivity index (χ0v) is 12.0. The second kappa shape index (κ2) is 5.93. The molecular weight excluding hydrogens is 310 g/mol. The van der Waals surface area contributed by atoms with E-state index in [9.17, 15) is 0 Å². The highest BCUT2D eigenvalue weighted by atomic mass is 79.9. The molecule has 1 heterocycles. The van der Waals surface area contributed by atoms with Gasteiger partial charge in [0, 0.05) is 34.7 Å². The SMILES string of the molecule is NC(=S)c1ccc(NCc2ccncc2)c(Br)c1. The standard InChI is InChI=1S/C13H12BrN3S/c14-11-7-10(13(15)18)1-2-12(11)17-8-9-3-5-16-6-4-9/h1-7,17H,8H2,(H2,15,18). The average Bonchev–Trinajstić information content (AvgIpc) is 2.38. The number of nitrogens with zero attached hydrogens (tertiary/aromatic N) is 1. The molecule has 2 aromatic rings. The predicted octanol–water partition coefficient (Wildman–Crippen LogP) is 3.09. The summed E-state index contributed by atoms with van der Waals surface area (Å²) in [5.74, 6) is 0. The maximum absolute atomic E-state index is 5.58. The summed E-state index contributed by atoms with van der Waals surface area (Å²) < 4.78 is 0.946. The van der Waals surface area contributed by atoms with Crippen LogP contribution in [0.2, 0.25) is 0 Å². The summed E-state index contributed by atoms with van der Waals surface area (Å²) in [5, 5.41) is 3.34. The number of nitrogens with two attached hydrogens (primary N) is 1. The van der Waals surface area contributed by atoms with E-state index < -0.39 is 0 Å². The Bertz CT molecular complexity index is 557. The average molecular weight is 322 g/mol. The fourth-order valence-corrected chi connectivity index (χ4v) is 2.16. The number of halogens is 1. The molecule has 0 saturated heterocycles. The summed E-state index contributed by atoms with van der Waals surface area (Å²) in [6, 6.07) is 9.73. The first-order chi connectivity index (χ1) is 8.66. The van der Waals surface area contributed by atoms with E-state index in [0.29, 0.717) is 4.99 Å². The molecular formula is C13H12BrN3S. The number of benzene rings is 1. The van der Waals surface area contributed by atoms with E-state index in [0.717, 1.165) is 22.3 Å². The van der Waals surface area contributed by atoms with Gasteiger partial charge in [-0.25, -0.2) is 0 Å². The topological polar surface area (TPSA) is 50.9 Å². The molecule has 0 amide bonds. The Hall–Kier alpha value is -1.46. The Labute approximate surface area is 120 Å². The minimum absolute atomic E-state index is 0.399. The van der Waals surface area contributed by atoms with Gasteiger partial charge in [0.15, 0.2) is 0 Å². The number of aromatic nitrogens is 1. The van der Waals surface area contributed by atoms with Crippen LogP contribution in [0.25, 0.3) is 0 Å². The van der Waals surface area contributed by atoms with E-state index in [2.05, 4.69) is 26.2 Å². The van der Waals surface area contributed by atoms with Gasteiger partial charge in [0.05, 0.1) is 0 Å². The van der Waals surface area contributed by atoms with Crippen LogP contribution in [0.15, 0.2) is 47.2 Å². The van der Waals surface area contributed by atoms with Gasteiger partial charge in [-0.2, -0.15) is 0 Å². The number of rotatable bonds is 4. The van der Waals surface area contributed by atoms with Gasteiger partial charge in [0.25, 0.3) is 0 Å². The Balaban J connectivity index is 2.08. The lowest BCUT2D eigenvalue weighted by Gasteiger charge is -2.09. The van der Waals surface area contributed by atoms with Gasteiger partial charge in [-0.3, -0.25) is 4.98 Å². The molecule has 2 rings (SSSR count). The second-order valence-electron chi connectivity index (χ2n) is 3.77. The first-order valence-electron chi connectivity index (χ1n) is 5.39. The molecule has 0 unspecified atom stereocenters. The van der Waals surface area contributed by atoms with Crippen molar-refractivity contribution in [2.24, 2.45) is 5.73 Å². The monoisotopic (exact) mass is 321 g/mol. The third kappa shape index (κ3) is 3.27. The molecule has 0 aliphatic heterocycles. The Morgan fingerprint density at radius 3 is 2.61 bits per heavy atom. The molecule has 3 N–H and O–H groups in total. The first-order valence-corrected chi connectivity index (χ1v) is 6.59. The first kappa shape index (κ1) is 13.0. The maximum Gasteiger partial charge on any atom is 0.104 e. The van der Waals surface area contributed by atoms with E-state index in [1.807, 2.05) is 30.3 Å². The van der Waals surface area contributed by atoms with Crippen molar-refractivity contribution in [3.63, 3.8) is 0 Å². The molecule has 0 spiro atoms. The van der Waals surface area contributed by atoms with Gasteiger partial charge < -0.3 is 11.1 Å². The van der Waals surface area contributed by atoms with Gasteiger partial charge in [-0.15, -0.1) is 0 Å². The van der Waals surface area contributed by atoms with E-state index in [1.165, 1.54) is 5.56 Å². The van der Waals surface area contributed by atoms with Crippen molar-refractivity contribution in [1.82, 2.24) is 4.98 Å². The normalized spacial score (nSPS) is 10.1. The number of hydrogen-bond acceptors (Lipinski definition) is 3. The molecule has 0 bridgehead atoms. The van der Waals surface area contributed by atoms with Crippen molar-refractivity contribution >= 4 is 38.8 Å². The van der Waals surface area contributed by atoms with Crippen LogP contribution in [0.1, 0.15) is 11.1 Å². The highest BCUT2D eigenvalue weighted by molar-refractivity contribution is 9.10. The zero-order valence-electron chi connectivity index (χ0n) is 9.56. The molecule has 92 valence electrons. The second-order valence-corrected chi connectivity index (χ2v) is 5.06. The van der Waals surface area contributed by atoms with Gasteiger partial charge in [-0.05, 0) is 51.8 Å².